The second-order valence-corrected chi connectivity index (χ2v) is 3.93. The monoisotopic (exact) mass is 214 g/mol. The van der Waals surface area contributed by atoms with E-state index in [1.54, 1.807) is 6.92 Å². The second kappa shape index (κ2) is 3.81. The first-order valence-electron chi connectivity index (χ1n) is 5.14. The number of carbonyl (C=O) groups is 2. The van der Waals surface area contributed by atoms with Gasteiger partial charge in [-0.05, 0) is 13.3 Å². The van der Waals surface area contributed by atoms with Crippen molar-refractivity contribution < 1.29 is 23.8 Å². The van der Waals surface area contributed by atoms with Gasteiger partial charge in [-0.15, -0.1) is 0 Å². The molecular weight excluding hydrogens is 200 g/mol. The molecule has 5 unspecified atom stereocenters. The standard InChI is InChI=1S/C10H14O5/c1-3-6-8(13-4-11)9-7(14-6)5(2)10(12)15-9/h4-9H,3H2,1-2H3. The summed E-state index contributed by atoms with van der Waals surface area (Å²) in [5, 5.41) is 0. The number of ether oxygens (including phenoxy) is 3. The summed E-state index contributed by atoms with van der Waals surface area (Å²) < 4.78 is 15.7. The fourth-order valence-corrected chi connectivity index (χ4v) is 2.23. The van der Waals surface area contributed by atoms with E-state index in [4.69, 9.17) is 14.2 Å². The molecule has 0 bridgehead atoms. The van der Waals surface area contributed by atoms with Crippen molar-refractivity contribution in [1.82, 2.24) is 0 Å². The average molecular weight is 214 g/mol. The van der Waals surface area contributed by atoms with Crippen molar-refractivity contribution in [2.24, 2.45) is 5.92 Å². The first-order chi connectivity index (χ1) is 7.19. The molecule has 0 amide bonds. The van der Waals surface area contributed by atoms with Crippen molar-refractivity contribution >= 4 is 12.4 Å². The van der Waals surface area contributed by atoms with Crippen LogP contribution in [0.4, 0.5) is 0 Å². The van der Waals surface area contributed by atoms with Gasteiger partial charge in [0.15, 0.2) is 12.2 Å². The van der Waals surface area contributed by atoms with Gasteiger partial charge in [-0.25, -0.2) is 0 Å². The number of hydrogen-bond donors (Lipinski definition) is 0. The third-order valence-electron chi connectivity index (χ3n) is 3.08. The molecule has 0 saturated carbocycles. The SMILES string of the molecule is CCC1OC2C(C)C(=O)OC2C1OC=O. The molecule has 0 aliphatic carbocycles. The lowest BCUT2D eigenvalue weighted by Gasteiger charge is -2.18. The molecule has 5 nitrogen and oxygen atoms in total. The highest BCUT2D eigenvalue weighted by molar-refractivity contribution is 5.75. The zero-order valence-electron chi connectivity index (χ0n) is 8.71. The first-order valence-corrected chi connectivity index (χ1v) is 5.14. The van der Waals surface area contributed by atoms with E-state index in [2.05, 4.69) is 0 Å². The van der Waals surface area contributed by atoms with E-state index in [-0.39, 0.29) is 24.1 Å². The van der Waals surface area contributed by atoms with E-state index in [1.165, 1.54) is 0 Å². The molecule has 2 aliphatic rings. The first kappa shape index (κ1) is 10.4. The van der Waals surface area contributed by atoms with Crippen molar-refractivity contribution in [3.8, 4) is 0 Å². The summed E-state index contributed by atoms with van der Waals surface area (Å²) in [7, 11) is 0. The summed E-state index contributed by atoms with van der Waals surface area (Å²) in [4.78, 5) is 21.6. The van der Waals surface area contributed by atoms with Crippen LogP contribution in [0.25, 0.3) is 0 Å². The number of hydrogen-bond acceptors (Lipinski definition) is 5. The topological polar surface area (TPSA) is 61.8 Å². The Balaban J connectivity index is 2.15. The van der Waals surface area contributed by atoms with Crippen LogP contribution in [-0.4, -0.2) is 36.9 Å². The molecule has 2 saturated heterocycles. The van der Waals surface area contributed by atoms with Crippen LogP contribution < -0.4 is 0 Å². The van der Waals surface area contributed by atoms with E-state index in [1.807, 2.05) is 6.92 Å². The predicted octanol–water partition coefficient (Wildman–Crippen LogP) is 0.267. The summed E-state index contributed by atoms with van der Waals surface area (Å²) in [5.74, 6) is -0.552. The highest BCUT2D eigenvalue weighted by Crippen LogP contribution is 2.37. The Morgan fingerprint density at radius 2 is 2.20 bits per heavy atom. The predicted molar refractivity (Wildman–Crippen MR) is 48.9 cm³/mol. The van der Waals surface area contributed by atoms with Gasteiger partial charge < -0.3 is 14.2 Å². The van der Waals surface area contributed by atoms with E-state index in [9.17, 15) is 9.59 Å². The van der Waals surface area contributed by atoms with Gasteiger partial charge in [0.25, 0.3) is 6.47 Å². The normalized spacial score (nSPS) is 43.6. The van der Waals surface area contributed by atoms with Crippen LogP contribution in [0.15, 0.2) is 0 Å². The molecule has 0 N–H and O–H groups in total. The Labute approximate surface area is 87.7 Å². The van der Waals surface area contributed by atoms with Crippen LogP contribution in [0.1, 0.15) is 20.3 Å². The third-order valence-corrected chi connectivity index (χ3v) is 3.08. The van der Waals surface area contributed by atoms with Crippen molar-refractivity contribution in [3.63, 3.8) is 0 Å². The van der Waals surface area contributed by atoms with Gasteiger partial charge >= 0.3 is 5.97 Å². The minimum atomic E-state index is -0.452. The quantitative estimate of drug-likeness (QED) is 0.498. The molecule has 5 heteroatoms. The maximum Gasteiger partial charge on any atom is 0.311 e. The summed E-state index contributed by atoms with van der Waals surface area (Å²) in [6, 6.07) is 0. The van der Waals surface area contributed by atoms with Gasteiger partial charge in [-0.1, -0.05) is 6.92 Å². The van der Waals surface area contributed by atoms with Crippen LogP contribution in [0, 0.1) is 5.92 Å². The molecule has 84 valence electrons. The number of carbonyl (C=O) groups excluding carboxylic acids is 2. The van der Waals surface area contributed by atoms with Crippen molar-refractivity contribution in [2.45, 2.75) is 44.7 Å². The Morgan fingerprint density at radius 3 is 2.80 bits per heavy atom. The molecule has 2 aliphatic heterocycles. The molecule has 0 aromatic heterocycles. The Kier molecular flexibility index (Phi) is 2.65. The minimum Gasteiger partial charge on any atom is -0.458 e. The molecule has 0 spiro atoms. The molecular formula is C10H14O5. The van der Waals surface area contributed by atoms with Crippen LogP contribution in [-0.2, 0) is 23.8 Å². The number of rotatable bonds is 3. The zero-order valence-corrected chi connectivity index (χ0v) is 8.71. The van der Waals surface area contributed by atoms with Gasteiger partial charge in [-0.3, -0.25) is 9.59 Å². The van der Waals surface area contributed by atoms with Gasteiger partial charge in [0.1, 0.15) is 6.10 Å². The molecule has 15 heavy (non-hydrogen) atoms. The van der Waals surface area contributed by atoms with Crippen LogP contribution in [0.2, 0.25) is 0 Å². The van der Waals surface area contributed by atoms with Gasteiger partial charge in [0.05, 0.1) is 12.0 Å². The highest BCUT2D eigenvalue weighted by atomic mass is 16.6. The smallest absolute Gasteiger partial charge is 0.311 e. The van der Waals surface area contributed by atoms with Crippen molar-refractivity contribution in [2.75, 3.05) is 0 Å². The van der Waals surface area contributed by atoms with Crippen molar-refractivity contribution in [1.29, 1.82) is 0 Å². The second-order valence-electron chi connectivity index (χ2n) is 3.93. The molecule has 0 radical (unpaired) electrons. The van der Waals surface area contributed by atoms with E-state index >= 15 is 0 Å². The van der Waals surface area contributed by atoms with Crippen LogP contribution >= 0.6 is 0 Å². The lowest BCUT2D eigenvalue weighted by Crippen LogP contribution is -2.34. The summed E-state index contributed by atoms with van der Waals surface area (Å²) in [5.41, 5.74) is 0. The maximum absolute atomic E-state index is 11.3. The van der Waals surface area contributed by atoms with E-state index < -0.39 is 12.2 Å². The minimum absolute atomic E-state index is 0.166. The van der Waals surface area contributed by atoms with Gasteiger partial charge in [0, 0.05) is 0 Å². The molecule has 2 heterocycles. The Morgan fingerprint density at radius 1 is 1.47 bits per heavy atom. The van der Waals surface area contributed by atoms with Crippen LogP contribution in [0.3, 0.4) is 0 Å². The lowest BCUT2D eigenvalue weighted by atomic mass is 10.0. The number of fused-ring (bicyclic) bond motifs is 1. The molecule has 5 atom stereocenters. The zero-order chi connectivity index (χ0) is 11.0. The molecule has 0 aromatic carbocycles. The average Bonchev–Trinajstić information content (AvgIpc) is 2.69. The van der Waals surface area contributed by atoms with E-state index in [0.717, 1.165) is 6.42 Å². The Bertz CT molecular complexity index is 277. The Hall–Kier alpha value is -1.10. The lowest BCUT2D eigenvalue weighted by molar-refractivity contribution is -0.155. The molecule has 0 aromatic rings. The van der Waals surface area contributed by atoms with Crippen molar-refractivity contribution in [3.05, 3.63) is 0 Å². The maximum atomic E-state index is 11.3. The summed E-state index contributed by atoms with van der Waals surface area (Å²) in [6.07, 6.45) is -0.585. The van der Waals surface area contributed by atoms with Gasteiger partial charge in [0.2, 0.25) is 0 Å². The summed E-state index contributed by atoms with van der Waals surface area (Å²) in [6.45, 7) is 4.10. The van der Waals surface area contributed by atoms with E-state index in [0.29, 0.717) is 6.47 Å². The fourth-order valence-electron chi connectivity index (χ4n) is 2.23. The fraction of sp³-hybridized carbons (Fsp3) is 0.800. The van der Waals surface area contributed by atoms with Crippen LogP contribution in [0.5, 0.6) is 0 Å². The largest absolute Gasteiger partial charge is 0.458 e. The number of esters is 1. The third kappa shape index (κ3) is 1.51. The summed E-state index contributed by atoms with van der Waals surface area (Å²) >= 11 is 0. The van der Waals surface area contributed by atoms with Gasteiger partial charge in [-0.2, -0.15) is 0 Å². The molecule has 2 rings (SSSR count). The molecule has 2 fully saturated rings. The highest BCUT2D eigenvalue weighted by Gasteiger charge is 2.56.